The van der Waals surface area contributed by atoms with E-state index >= 15 is 0 Å². The van der Waals surface area contributed by atoms with Gasteiger partial charge >= 0.3 is 21.5 Å². The van der Waals surface area contributed by atoms with Gasteiger partial charge in [0.2, 0.25) is 0 Å². The largest absolute Gasteiger partial charge is 0.516 e. The Balaban J connectivity index is 2.57. The van der Waals surface area contributed by atoms with Crippen molar-refractivity contribution in [2.75, 3.05) is 11.0 Å². The molecule has 0 spiro atoms. The lowest BCUT2D eigenvalue weighted by Crippen LogP contribution is -2.43. The number of hydrogen-bond donors (Lipinski definition) is 0. The van der Waals surface area contributed by atoms with Crippen molar-refractivity contribution in [3.05, 3.63) is 58.1 Å². The van der Waals surface area contributed by atoms with Gasteiger partial charge in [0.05, 0.1) is 11.4 Å². The topological polar surface area (TPSA) is 85.3 Å². The lowest BCUT2D eigenvalue weighted by Gasteiger charge is -2.27. The number of esters is 1. The zero-order valence-electron chi connectivity index (χ0n) is 18.1. The molecule has 2 rings (SSSR count). The van der Waals surface area contributed by atoms with E-state index in [1.54, 1.807) is 26.0 Å². The Hall–Kier alpha value is -2.50. The second-order valence-electron chi connectivity index (χ2n) is 6.79. The molecule has 0 aliphatic heterocycles. The number of carbonyl (C=O) groups is 1. The molecule has 0 saturated heterocycles. The van der Waals surface area contributed by atoms with E-state index in [2.05, 4.69) is 5.16 Å². The predicted molar refractivity (Wildman–Crippen MR) is 124 cm³/mol. The molecule has 0 atom stereocenters. The molecule has 0 amide bonds. The minimum atomic E-state index is -5.95. The summed E-state index contributed by atoms with van der Waals surface area (Å²) in [6, 6.07) is 9.66. The Morgan fingerprint density at radius 3 is 2.24 bits per heavy atom. The van der Waals surface area contributed by atoms with Crippen molar-refractivity contribution in [3.63, 3.8) is 0 Å². The van der Waals surface area contributed by atoms with Crippen molar-refractivity contribution in [1.82, 2.24) is 0 Å². The SMILES string of the molecule is CCCC(=O)OCN(c1ccc(Cl)cc1C(CC)=NOc1ccc(Cl)cc1)S(=O)(=O)C(F)(F)F. The number of carbonyl (C=O) groups excluding carboxylic acids is 1. The first-order valence-electron chi connectivity index (χ1n) is 9.94. The molecule has 0 unspecified atom stereocenters. The highest BCUT2D eigenvalue weighted by molar-refractivity contribution is 7.93. The van der Waals surface area contributed by atoms with Crippen molar-refractivity contribution >= 4 is 50.6 Å². The van der Waals surface area contributed by atoms with Gasteiger partial charge in [-0.3, -0.25) is 4.79 Å². The minimum Gasteiger partial charge on any atom is -0.443 e. The molecule has 0 saturated carbocycles. The summed E-state index contributed by atoms with van der Waals surface area (Å²) in [7, 11) is -5.95. The van der Waals surface area contributed by atoms with Crippen molar-refractivity contribution in [3.8, 4) is 5.75 Å². The summed E-state index contributed by atoms with van der Waals surface area (Å²) < 4.78 is 69.9. The molecule has 0 radical (unpaired) electrons. The fourth-order valence-corrected chi connectivity index (χ4v) is 3.82. The van der Waals surface area contributed by atoms with Crippen LogP contribution in [0.3, 0.4) is 0 Å². The third-order valence-corrected chi connectivity index (χ3v) is 6.28. The number of hydrogen-bond acceptors (Lipinski definition) is 6. The van der Waals surface area contributed by atoms with Gasteiger partial charge in [0.15, 0.2) is 12.5 Å². The second-order valence-corrected chi connectivity index (χ2v) is 9.52. The van der Waals surface area contributed by atoms with E-state index in [0.717, 1.165) is 6.07 Å². The maximum absolute atomic E-state index is 13.5. The summed E-state index contributed by atoms with van der Waals surface area (Å²) in [5, 5.41) is 4.53. The number of halogens is 5. The van der Waals surface area contributed by atoms with Gasteiger partial charge in [-0.1, -0.05) is 42.2 Å². The molecule has 34 heavy (non-hydrogen) atoms. The molecule has 2 aromatic rings. The van der Waals surface area contributed by atoms with Crippen LogP contribution in [0.1, 0.15) is 38.7 Å². The third kappa shape index (κ3) is 7.00. The molecule has 0 fully saturated rings. The van der Waals surface area contributed by atoms with Gasteiger partial charge in [-0.25, -0.2) is 4.31 Å². The summed E-state index contributed by atoms with van der Waals surface area (Å²) in [6.07, 6.45) is 0.409. The highest BCUT2D eigenvalue weighted by Crippen LogP contribution is 2.34. The van der Waals surface area contributed by atoms with E-state index in [4.69, 9.17) is 32.8 Å². The van der Waals surface area contributed by atoms with Crippen LogP contribution < -0.4 is 9.14 Å². The first-order chi connectivity index (χ1) is 15.9. The molecule has 186 valence electrons. The average molecular weight is 541 g/mol. The predicted octanol–water partition coefficient (Wildman–Crippen LogP) is 6.14. The summed E-state index contributed by atoms with van der Waals surface area (Å²) in [6.45, 7) is 2.11. The van der Waals surface area contributed by atoms with Gasteiger partial charge in [-0.15, -0.1) is 0 Å². The molecule has 0 heterocycles. The molecule has 0 aliphatic rings. The smallest absolute Gasteiger partial charge is 0.443 e. The van der Waals surface area contributed by atoms with Crippen LogP contribution in [-0.4, -0.2) is 32.3 Å². The highest BCUT2D eigenvalue weighted by atomic mass is 35.5. The van der Waals surface area contributed by atoms with E-state index in [1.807, 2.05) is 0 Å². The molecule has 0 N–H and O–H groups in total. The third-order valence-electron chi connectivity index (χ3n) is 4.33. The number of sulfonamides is 1. The summed E-state index contributed by atoms with van der Waals surface area (Å²) in [4.78, 5) is 17.1. The van der Waals surface area contributed by atoms with Gasteiger partial charge in [-0.2, -0.15) is 21.6 Å². The Labute approximate surface area is 205 Å². The Kier molecular flexibility index (Phi) is 9.60. The van der Waals surface area contributed by atoms with Crippen molar-refractivity contribution in [2.24, 2.45) is 5.16 Å². The number of nitrogens with zero attached hydrogens (tertiary/aromatic N) is 2. The molecule has 13 heteroatoms. The standard InChI is InChI=1S/C21H21Cl2F3N2O5S/c1-3-5-20(29)32-13-28(34(30,31)21(24,25)26)19-11-8-15(23)12-17(19)18(4-2)27-33-16-9-6-14(22)7-10-16/h6-12H,3-5,13H2,1-2H3. The Morgan fingerprint density at radius 2 is 1.68 bits per heavy atom. The zero-order valence-corrected chi connectivity index (χ0v) is 20.4. The number of anilines is 1. The monoisotopic (exact) mass is 540 g/mol. The second kappa shape index (κ2) is 11.8. The van der Waals surface area contributed by atoms with Crippen LogP contribution in [0, 0.1) is 0 Å². The maximum atomic E-state index is 13.5. The number of alkyl halides is 3. The highest BCUT2D eigenvalue weighted by Gasteiger charge is 2.51. The fraction of sp³-hybridized carbons (Fsp3) is 0.333. The number of rotatable bonds is 10. The summed E-state index contributed by atoms with van der Waals surface area (Å²) in [5.74, 6) is -0.567. The van der Waals surface area contributed by atoms with Crippen LogP contribution in [0.15, 0.2) is 47.6 Å². The van der Waals surface area contributed by atoms with Gasteiger partial charge in [0, 0.05) is 22.0 Å². The maximum Gasteiger partial charge on any atom is 0.516 e. The Bertz CT molecular complexity index is 1140. The van der Waals surface area contributed by atoms with Crippen molar-refractivity contribution in [2.45, 2.75) is 38.6 Å². The van der Waals surface area contributed by atoms with E-state index in [1.165, 1.54) is 24.3 Å². The zero-order chi connectivity index (χ0) is 25.5. The van der Waals surface area contributed by atoms with Gasteiger partial charge in [-0.05, 0) is 55.3 Å². The van der Waals surface area contributed by atoms with E-state index in [9.17, 15) is 26.4 Å². The van der Waals surface area contributed by atoms with Crippen molar-refractivity contribution in [1.29, 1.82) is 0 Å². The van der Waals surface area contributed by atoms with Crippen LogP contribution >= 0.6 is 23.2 Å². The number of ether oxygens (including phenoxy) is 1. The van der Waals surface area contributed by atoms with E-state index < -0.39 is 33.9 Å². The van der Waals surface area contributed by atoms with Gasteiger partial charge in [0.25, 0.3) is 0 Å². The molecule has 0 aliphatic carbocycles. The summed E-state index contributed by atoms with van der Waals surface area (Å²) in [5.41, 5.74) is -6.06. The number of oxime groups is 1. The van der Waals surface area contributed by atoms with Crippen LogP contribution in [-0.2, 0) is 19.6 Å². The molecular weight excluding hydrogens is 520 g/mol. The van der Waals surface area contributed by atoms with Crippen LogP contribution in [0.4, 0.5) is 18.9 Å². The lowest BCUT2D eigenvalue weighted by atomic mass is 10.1. The Morgan fingerprint density at radius 1 is 1.06 bits per heavy atom. The van der Waals surface area contributed by atoms with E-state index in [-0.39, 0.29) is 39.2 Å². The van der Waals surface area contributed by atoms with Crippen LogP contribution in [0.5, 0.6) is 5.75 Å². The van der Waals surface area contributed by atoms with Crippen molar-refractivity contribution < 1.29 is 36.0 Å². The van der Waals surface area contributed by atoms with Gasteiger partial charge in [0.1, 0.15) is 0 Å². The normalized spacial score (nSPS) is 12.4. The average Bonchev–Trinajstić information content (AvgIpc) is 2.76. The lowest BCUT2D eigenvalue weighted by molar-refractivity contribution is -0.143. The molecule has 7 nitrogen and oxygen atoms in total. The first-order valence-corrected chi connectivity index (χ1v) is 12.1. The molecule has 0 bridgehead atoms. The van der Waals surface area contributed by atoms with E-state index in [0.29, 0.717) is 11.4 Å². The van der Waals surface area contributed by atoms with Crippen LogP contribution in [0.2, 0.25) is 10.0 Å². The summed E-state index contributed by atoms with van der Waals surface area (Å²) >= 11 is 11.9. The fourth-order valence-electron chi connectivity index (χ4n) is 2.66. The molecular formula is C21H21Cl2F3N2O5S. The minimum absolute atomic E-state index is 0.0420. The van der Waals surface area contributed by atoms with Gasteiger partial charge < -0.3 is 9.57 Å². The first kappa shape index (κ1) is 27.7. The quantitative estimate of drug-likeness (QED) is 0.156. The molecule has 2 aromatic carbocycles. The molecule has 0 aromatic heterocycles. The number of benzene rings is 2. The van der Waals surface area contributed by atoms with Crippen LogP contribution in [0.25, 0.3) is 0 Å².